The smallest absolute Gasteiger partial charge is 0.270 e. The van der Waals surface area contributed by atoms with Crippen LogP contribution in [0.5, 0.6) is 0 Å². The van der Waals surface area contributed by atoms with E-state index in [1.165, 1.54) is 11.4 Å². The predicted octanol–water partition coefficient (Wildman–Crippen LogP) is 2.85. The Hall–Kier alpha value is -2.60. The summed E-state index contributed by atoms with van der Waals surface area (Å²) in [6, 6.07) is 16.6. The molecule has 0 spiro atoms. The van der Waals surface area contributed by atoms with Crippen molar-refractivity contribution >= 4 is 27.2 Å². The third-order valence-electron chi connectivity index (χ3n) is 5.01. The lowest BCUT2D eigenvalue weighted by atomic mass is 9.95. The molecule has 2 aromatic rings. The average Bonchev–Trinajstić information content (AvgIpc) is 3.19. The maximum Gasteiger partial charge on any atom is 0.270 e. The van der Waals surface area contributed by atoms with Crippen molar-refractivity contribution in [3.63, 3.8) is 0 Å². The molecule has 0 bridgehead atoms. The molecule has 134 valence electrons. The van der Waals surface area contributed by atoms with Crippen LogP contribution in [0, 0.1) is 0 Å². The van der Waals surface area contributed by atoms with Crippen LogP contribution in [0.2, 0.25) is 0 Å². The van der Waals surface area contributed by atoms with E-state index in [-0.39, 0.29) is 4.91 Å². The van der Waals surface area contributed by atoms with Crippen LogP contribution in [0.15, 0.2) is 59.5 Å². The van der Waals surface area contributed by atoms with E-state index in [0.717, 1.165) is 24.0 Å². The lowest BCUT2D eigenvalue weighted by Crippen LogP contribution is -2.40. The van der Waals surface area contributed by atoms with Gasteiger partial charge in [0.05, 0.1) is 5.69 Å². The number of para-hydroxylation sites is 1. The molecule has 2 aliphatic rings. The van der Waals surface area contributed by atoms with Gasteiger partial charge in [-0.3, -0.25) is 9.10 Å². The van der Waals surface area contributed by atoms with E-state index in [4.69, 9.17) is 0 Å². The van der Waals surface area contributed by atoms with Gasteiger partial charge in [0.25, 0.3) is 15.9 Å². The Morgan fingerprint density at radius 3 is 2.23 bits per heavy atom. The third kappa shape index (κ3) is 2.52. The second-order valence-electron chi connectivity index (χ2n) is 6.56. The number of nitrogens with zero attached hydrogens (tertiary/aromatic N) is 2. The van der Waals surface area contributed by atoms with Gasteiger partial charge in [-0.05, 0) is 24.5 Å². The van der Waals surface area contributed by atoms with Gasteiger partial charge >= 0.3 is 0 Å². The third-order valence-corrected chi connectivity index (χ3v) is 6.82. The first-order valence-corrected chi connectivity index (χ1v) is 10.1. The Morgan fingerprint density at radius 1 is 0.923 bits per heavy atom. The number of likely N-dealkylation sites (tertiary alicyclic amines) is 1. The minimum atomic E-state index is -3.93. The molecule has 0 aromatic heterocycles. The molecule has 26 heavy (non-hydrogen) atoms. The van der Waals surface area contributed by atoms with E-state index in [1.807, 2.05) is 42.5 Å². The molecule has 0 N–H and O–H groups in total. The molecule has 0 aliphatic carbocycles. The second kappa shape index (κ2) is 6.29. The highest BCUT2D eigenvalue weighted by Crippen LogP contribution is 2.42. The predicted molar refractivity (Wildman–Crippen MR) is 102 cm³/mol. The number of benzene rings is 2. The van der Waals surface area contributed by atoms with Crippen LogP contribution in [0.3, 0.4) is 0 Å². The lowest BCUT2D eigenvalue weighted by Gasteiger charge is -2.32. The SMILES string of the molecule is CN1c2ccccc2C(c2ccccc2)=C(C(=O)N2CCCC2)S1(=O)=O. The van der Waals surface area contributed by atoms with Crippen LogP contribution in [0.25, 0.3) is 5.57 Å². The largest absolute Gasteiger partial charge is 0.338 e. The maximum atomic E-state index is 13.3. The minimum absolute atomic E-state index is 0.119. The van der Waals surface area contributed by atoms with E-state index in [9.17, 15) is 13.2 Å². The number of anilines is 1. The van der Waals surface area contributed by atoms with Gasteiger partial charge in [-0.2, -0.15) is 0 Å². The normalized spacial score (nSPS) is 18.8. The molecule has 0 saturated carbocycles. The van der Waals surface area contributed by atoms with E-state index >= 15 is 0 Å². The molecule has 2 aliphatic heterocycles. The molecule has 2 aromatic carbocycles. The Bertz CT molecular complexity index is 991. The van der Waals surface area contributed by atoms with Crippen molar-refractivity contribution in [3.8, 4) is 0 Å². The summed E-state index contributed by atoms with van der Waals surface area (Å²) < 4.78 is 27.8. The molecule has 1 amide bonds. The Balaban J connectivity index is 2.05. The first kappa shape index (κ1) is 16.8. The molecule has 5 nitrogen and oxygen atoms in total. The first-order valence-electron chi connectivity index (χ1n) is 8.69. The summed E-state index contributed by atoms with van der Waals surface area (Å²) in [5.41, 5.74) is 2.58. The fraction of sp³-hybridized carbons (Fsp3) is 0.250. The van der Waals surface area contributed by atoms with Gasteiger partial charge in [0.1, 0.15) is 0 Å². The molecule has 0 atom stereocenters. The molecular weight excluding hydrogens is 348 g/mol. The molecule has 4 rings (SSSR count). The van der Waals surface area contributed by atoms with Gasteiger partial charge in [-0.25, -0.2) is 8.42 Å². The number of carbonyl (C=O) groups excluding carboxylic acids is 1. The van der Waals surface area contributed by atoms with Crippen molar-refractivity contribution in [2.45, 2.75) is 12.8 Å². The monoisotopic (exact) mass is 368 g/mol. The maximum absolute atomic E-state index is 13.3. The van der Waals surface area contributed by atoms with Crippen LogP contribution in [0.1, 0.15) is 24.0 Å². The molecule has 1 fully saturated rings. The molecule has 6 heteroatoms. The van der Waals surface area contributed by atoms with Crippen molar-refractivity contribution in [2.75, 3.05) is 24.4 Å². The topological polar surface area (TPSA) is 57.7 Å². The molecular formula is C20H20N2O3S. The summed E-state index contributed by atoms with van der Waals surface area (Å²) in [7, 11) is -2.42. The number of hydrogen-bond donors (Lipinski definition) is 0. The van der Waals surface area contributed by atoms with Gasteiger partial charge in [0, 0.05) is 31.3 Å². The average molecular weight is 368 g/mol. The fourth-order valence-corrected chi connectivity index (χ4v) is 5.18. The number of amides is 1. The molecule has 0 unspecified atom stereocenters. The van der Waals surface area contributed by atoms with Gasteiger partial charge in [-0.1, -0.05) is 48.5 Å². The van der Waals surface area contributed by atoms with Gasteiger partial charge in [-0.15, -0.1) is 0 Å². The van der Waals surface area contributed by atoms with Gasteiger partial charge < -0.3 is 4.90 Å². The van der Waals surface area contributed by atoms with Crippen LogP contribution in [0.4, 0.5) is 5.69 Å². The van der Waals surface area contributed by atoms with Crippen LogP contribution >= 0.6 is 0 Å². The quantitative estimate of drug-likeness (QED) is 0.819. The van der Waals surface area contributed by atoms with Crippen LogP contribution in [-0.2, 0) is 14.8 Å². The summed E-state index contributed by atoms with van der Waals surface area (Å²) >= 11 is 0. The van der Waals surface area contributed by atoms with Crippen molar-refractivity contribution in [1.29, 1.82) is 0 Å². The number of hydrogen-bond acceptors (Lipinski definition) is 3. The summed E-state index contributed by atoms with van der Waals surface area (Å²) in [5, 5.41) is 0. The Morgan fingerprint density at radius 2 is 1.54 bits per heavy atom. The van der Waals surface area contributed by atoms with Crippen molar-refractivity contribution < 1.29 is 13.2 Å². The molecule has 2 heterocycles. The van der Waals surface area contributed by atoms with Gasteiger partial charge in [0.2, 0.25) is 0 Å². The van der Waals surface area contributed by atoms with E-state index < -0.39 is 15.9 Å². The zero-order valence-corrected chi connectivity index (χ0v) is 15.4. The Kier molecular flexibility index (Phi) is 4.07. The lowest BCUT2D eigenvalue weighted by molar-refractivity contribution is -0.125. The first-order chi connectivity index (χ1) is 12.5. The summed E-state index contributed by atoms with van der Waals surface area (Å²) in [5.74, 6) is -0.400. The van der Waals surface area contributed by atoms with E-state index in [0.29, 0.717) is 24.4 Å². The standard InChI is InChI=1S/C20H20N2O3S/c1-21-17-12-6-5-11-16(17)18(15-9-3-2-4-10-15)19(26(21,24)25)20(23)22-13-7-8-14-22/h2-6,9-12H,7-8,13-14H2,1H3. The van der Waals surface area contributed by atoms with Crippen molar-refractivity contribution in [1.82, 2.24) is 4.90 Å². The summed E-state index contributed by atoms with van der Waals surface area (Å²) in [6.07, 6.45) is 1.82. The summed E-state index contributed by atoms with van der Waals surface area (Å²) in [6.45, 7) is 1.20. The van der Waals surface area contributed by atoms with Crippen molar-refractivity contribution in [2.24, 2.45) is 0 Å². The van der Waals surface area contributed by atoms with Crippen LogP contribution < -0.4 is 4.31 Å². The highest BCUT2D eigenvalue weighted by atomic mass is 32.2. The molecule has 1 saturated heterocycles. The zero-order chi connectivity index (χ0) is 18.3. The van der Waals surface area contributed by atoms with Crippen LogP contribution in [-0.4, -0.2) is 39.4 Å². The summed E-state index contributed by atoms with van der Waals surface area (Å²) in [4.78, 5) is 14.7. The highest BCUT2D eigenvalue weighted by Gasteiger charge is 2.41. The second-order valence-corrected chi connectivity index (χ2v) is 8.47. The highest BCUT2D eigenvalue weighted by molar-refractivity contribution is 7.97. The number of rotatable bonds is 2. The Labute approximate surface area is 153 Å². The molecule has 0 radical (unpaired) electrons. The van der Waals surface area contributed by atoms with E-state index in [2.05, 4.69) is 0 Å². The van der Waals surface area contributed by atoms with Crippen molar-refractivity contribution in [3.05, 3.63) is 70.6 Å². The number of carbonyl (C=O) groups is 1. The van der Waals surface area contributed by atoms with Gasteiger partial charge in [0.15, 0.2) is 4.91 Å². The minimum Gasteiger partial charge on any atom is -0.338 e. The number of sulfonamides is 1. The fourth-order valence-electron chi connectivity index (χ4n) is 3.65. The zero-order valence-electron chi connectivity index (χ0n) is 14.6. The van der Waals surface area contributed by atoms with E-state index in [1.54, 1.807) is 17.0 Å². The number of fused-ring (bicyclic) bond motifs is 1.